The minimum atomic E-state index is -0.902. The number of hydrogen-bond acceptors (Lipinski definition) is 4. The summed E-state index contributed by atoms with van der Waals surface area (Å²) in [4.78, 5) is 11.7. The van der Waals surface area contributed by atoms with Crippen LogP contribution in [0.1, 0.15) is 17.3 Å². The minimum absolute atomic E-state index is 0.0719. The number of anilines is 1. The average molecular weight is 275 g/mol. The molecule has 1 amide bonds. The molecule has 1 aromatic rings. The van der Waals surface area contributed by atoms with Crippen LogP contribution in [0.15, 0.2) is 12.1 Å². The van der Waals surface area contributed by atoms with E-state index < -0.39 is 23.2 Å². The van der Waals surface area contributed by atoms with Crippen molar-refractivity contribution >= 4 is 23.4 Å². The van der Waals surface area contributed by atoms with Gasteiger partial charge in [0.25, 0.3) is 5.91 Å². The molecule has 0 heterocycles. The summed E-state index contributed by atoms with van der Waals surface area (Å²) in [7, 11) is 0. The Morgan fingerprint density at radius 2 is 2.00 bits per heavy atom. The van der Waals surface area contributed by atoms with Crippen LogP contribution < -0.4 is 16.6 Å². The highest BCUT2D eigenvalue weighted by atomic mass is 32.2. The number of rotatable bonds is 5. The second-order valence-electron chi connectivity index (χ2n) is 3.72. The molecule has 4 nitrogen and oxygen atoms in total. The fraction of sp³-hybridized carbons (Fsp3) is 0.364. The van der Waals surface area contributed by atoms with E-state index in [1.54, 1.807) is 11.8 Å². The molecule has 0 bridgehead atoms. The molecule has 0 spiro atoms. The summed E-state index contributed by atoms with van der Waals surface area (Å²) >= 11 is 1.58. The van der Waals surface area contributed by atoms with Gasteiger partial charge < -0.3 is 10.7 Å². The van der Waals surface area contributed by atoms with Crippen LogP contribution in [-0.2, 0) is 0 Å². The van der Waals surface area contributed by atoms with Crippen molar-refractivity contribution < 1.29 is 13.6 Å². The van der Waals surface area contributed by atoms with E-state index in [0.717, 1.165) is 12.1 Å². The van der Waals surface area contributed by atoms with Crippen molar-refractivity contribution in [3.63, 3.8) is 0 Å². The first-order valence-electron chi connectivity index (χ1n) is 5.26. The molecule has 7 heteroatoms. The van der Waals surface area contributed by atoms with Crippen molar-refractivity contribution in [1.29, 1.82) is 0 Å². The Labute approximate surface area is 108 Å². The maximum absolute atomic E-state index is 13.4. The van der Waals surface area contributed by atoms with E-state index in [9.17, 15) is 13.6 Å². The lowest BCUT2D eigenvalue weighted by atomic mass is 10.1. The van der Waals surface area contributed by atoms with Crippen LogP contribution in [0, 0.1) is 11.6 Å². The third-order valence-corrected chi connectivity index (χ3v) is 3.37. The molecule has 0 radical (unpaired) electrons. The maximum Gasteiger partial charge on any atom is 0.251 e. The van der Waals surface area contributed by atoms with Crippen molar-refractivity contribution in [2.75, 3.05) is 18.2 Å². The van der Waals surface area contributed by atoms with Gasteiger partial charge in [-0.05, 0) is 18.4 Å². The number of nitrogen functional groups attached to an aromatic ring is 1. The molecular formula is C11H15F2N3OS. The summed E-state index contributed by atoms with van der Waals surface area (Å²) < 4.78 is 26.7. The molecule has 4 N–H and O–H groups in total. The van der Waals surface area contributed by atoms with Crippen molar-refractivity contribution in [2.45, 2.75) is 12.2 Å². The van der Waals surface area contributed by atoms with E-state index in [-0.39, 0.29) is 10.8 Å². The first-order chi connectivity index (χ1) is 8.49. The highest BCUT2D eigenvalue weighted by Crippen LogP contribution is 2.19. The van der Waals surface area contributed by atoms with E-state index in [1.807, 2.05) is 18.6 Å². The molecule has 0 aliphatic heterocycles. The number of hydrazine groups is 1. The SMILES string of the molecule is CSC(C)CNC(=O)c1cc(F)c(NN)c(F)c1. The predicted molar refractivity (Wildman–Crippen MR) is 69.5 cm³/mol. The molecule has 1 unspecified atom stereocenters. The van der Waals surface area contributed by atoms with Gasteiger partial charge in [-0.1, -0.05) is 6.92 Å². The van der Waals surface area contributed by atoms with Crippen LogP contribution in [0.2, 0.25) is 0 Å². The zero-order valence-electron chi connectivity index (χ0n) is 10.1. The smallest absolute Gasteiger partial charge is 0.251 e. The van der Waals surface area contributed by atoms with Crippen molar-refractivity contribution in [1.82, 2.24) is 5.32 Å². The standard InChI is InChI=1S/C11H15F2N3OS/c1-6(18-2)5-15-11(17)7-3-8(12)10(16-14)9(13)4-7/h3-4,6,16H,5,14H2,1-2H3,(H,15,17). The van der Waals surface area contributed by atoms with Gasteiger partial charge in [-0.2, -0.15) is 11.8 Å². The molecule has 0 fully saturated rings. The number of nitrogens with one attached hydrogen (secondary N) is 2. The molecule has 1 atom stereocenters. The number of halogens is 2. The van der Waals surface area contributed by atoms with Gasteiger partial charge in [-0.25, -0.2) is 8.78 Å². The number of carbonyl (C=O) groups excluding carboxylic acids is 1. The third-order valence-electron chi connectivity index (χ3n) is 2.40. The zero-order chi connectivity index (χ0) is 13.7. The van der Waals surface area contributed by atoms with E-state index in [0.29, 0.717) is 6.54 Å². The lowest BCUT2D eigenvalue weighted by Gasteiger charge is -2.11. The minimum Gasteiger partial charge on any atom is -0.351 e. The number of benzene rings is 1. The van der Waals surface area contributed by atoms with Crippen LogP contribution >= 0.6 is 11.8 Å². The summed E-state index contributed by atoms with van der Waals surface area (Å²) in [6.07, 6.45) is 1.91. The second-order valence-corrected chi connectivity index (χ2v) is 4.99. The van der Waals surface area contributed by atoms with Gasteiger partial charge >= 0.3 is 0 Å². The predicted octanol–water partition coefficient (Wildman–Crippen LogP) is 1.73. The Morgan fingerprint density at radius 1 is 1.44 bits per heavy atom. The monoisotopic (exact) mass is 275 g/mol. The number of amides is 1. The summed E-state index contributed by atoms with van der Waals surface area (Å²) in [5.41, 5.74) is 1.38. The van der Waals surface area contributed by atoms with Crippen molar-refractivity contribution in [3.8, 4) is 0 Å². The highest BCUT2D eigenvalue weighted by molar-refractivity contribution is 7.99. The molecule has 1 rings (SSSR count). The summed E-state index contributed by atoms with van der Waals surface area (Å²) in [5, 5.41) is 2.83. The first-order valence-corrected chi connectivity index (χ1v) is 6.55. The molecule has 0 saturated heterocycles. The molecule has 0 saturated carbocycles. The first kappa shape index (κ1) is 14.7. The second kappa shape index (κ2) is 6.55. The average Bonchev–Trinajstić information content (AvgIpc) is 2.34. The quantitative estimate of drug-likeness (QED) is 0.565. The largest absolute Gasteiger partial charge is 0.351 e. The summed E-state index contributed by atoms with van der Waals surface area (Å²) in [5.74, 6) is 2.64. The van der Waals surface area contributed by atoms with Gasteiger partial charge in [-0.3, -0.25) is 10.6 Å². The van der Waals surface area contributed by atoms with Crippen LogP contribution in [0.3, 0.4) is 0 Å². The van der Waals surface area contributed by atoms with Crippen LogP contribution in [0.25, 0.3) is 0 Å². The summed E-state index contributed by atoms with van der Waals surface area (Å²) in [6.45, 7) is 2.37. The lowest BCUT2D eigenvalue weighted by Crippen LogP contribution is -2.29. The van der Waals surface area contributed by atoms with E-state index >= 15 is 0 Å². The van der Waals surface area contributed by atoms with Crippen LogP contribution in [0.4, 0.5) is 14.5 Å². The van der Waals surface area contributed by atoms with Gasteiger partial charge in [-0.15, -0.1) is 0 Å². The van der Waals surface area contributed by atoms with Crippen molar-refractivity contribution in [3.05, 3.63) is 29.3 Å². The fourth-order valence-corrected chi connectivity index (χ4v) is 1.51. The zero-order valence-corrected chi connectivity index (χ0v) is 10.9. The normalized spacial score (nSPS) is 12.1. The van der Waals surface area contributed by atoms with Crippen LogP contribution in [-0.4, -0.2) is 24.0 Å². The van der Waals surface area contributed by atoms with Gasteiger partial charge in [0.05, 0.1) is 0 Å². The molecule has 18 heavy (non-hydrogen) atoms. The van der Waals surface area contributed by atoms with Crippen LogP contribution in [0.5, 0.6) is 0 Å². The third kappa shape index (κ3) is 3.58. The number of hydrogen-bond donors (Lipinski definition) is 3. The Kier molecular flexibility index (Phi) is 5.36. The Balaban J connectivity index is 2.81. The topological polar surface area (TPSA) is 67.2 Å². The summed E-state index contributed by atoms with van der Waals surface area (Å²) in [6, 6.07) is 1.88. The van der Waals surface area contributed by atoms with E-state index in [2.05, 4.69) is 5.32 Å². The Bertz CT molecular complexity index is 419. The fourth-order valence-electron chi connectivity index (χ4n) is 1.26. The van der Waals surface area contributed by atoms with Gasteiger partial charge in [0.2, 0.25) is 0 Å². The molecule has 0 aliphatic rings. The Hall–Kier alpha value is -1.34. The van der Waals surface area contributed by atoms with E-state index in [4.69, 9.17) is 5.84 Å². The van der Waals surface area contributed by atoms with Gasteiger partial charge in [0.1, 0.15) is 5.69 Å². The lowest BCUT2D eigenvalue weighted by molar-refractivity contribution is 0.0953. The number of thioether (sulfide) groups is 1. The molecular weight excluding hydrogens is 260 g/mol. The molecule has 0 aromatic heterocycles. The van der Waals surface area contributed by atoms with Gasteiger partial charge in [0, 0.05) is 17.4 Å². The Morgan fingerprint density at radius 3 is 2.44 bits per heavy atom. The number of nitrogens with two attached hydrogens (primary N) is 1. The van der Waals surface area contributed by atoms with Crippen molar-refractivity contribution in [2.24, 2.45) is 5.84 Å². The van der Waals surface area contributed by atoms with Gasteiger partial charge in [0.15, 0.2) is 11.6 Å². The molecule has 0 aliphatic carbocycles. The molecule has 1 aromatic carbocycles. The molecule has 100 valence electrons. The van der Waals surface area contributed by atoms with E-state index in [1.165, 1.54) is 0 Å². The number of carbonyl (C=O) groups is 1. The highest BCUT2D eigenvalue weighted by Gasteiger charge is 2.14. The maximum atomic E-state index is 13.4.